The number of ether oxygens (including phenoxy) is 1. The number of aryl methyl sites for hydroxylation is 1. The Morgan fingerprint density at radius 1 is 1.23 bits per heavy atom. The van der Waals surface area contributed by atoms with Crippen LogP contribution in [0.1, 0.15) is 21.8 Å². The molecule has 0 aliphatic heterocycles. The minimum atomic E-state index is -0.192. The Labute approximate surface area is 156 Å². The van der Waals surface area contributed by atoms with E-state index in [-0.39, 0.29) is 12.3 Å². The molecule has 0 fully saturated rings. The number of benzene rings is 2. The third-order valence-corrected chi connectivity index (χ3v) is 4.34. The average molecular weight is 365 g/mol. The predicted octanol–water partition coefficient (Wildman–Crippen LogP) is 3.72. The highest BCUT2D eigenvalue weighted by Gasteiger charge is 2.05. The second-order valence-electron chi connectivity index (χ2n) is 5.67. The lowest BCUT2D eigenvalue weighted by Gasteiger charge is -2.06. The number of thiazole rings is 1. The summed E-state index contributed by atoms with van der Waals surface area (Å²) in [5.74, 6) is 0.560. The summed E-state index contributed by atoms with van der Waals surface area (Å²) in [6.07, 6.45) is 1.82. The number of carbonyl (C=O) groups is 1. The Kier molecular flexibility index (Phi) is 6.11. The fourth-order valence-electron chi connectivity index (χ4n) is 2.30. The van der Waals surface area contributed by atoms with E-state index in [2.05, 4.69) is 15.5 Å². The van der Waals surface area contributed by atoms with Crippen LogP contribution in [0.3, 0.4) is 0 Å². The van der Waals surface area contributed by atoms with Gasteiger partial charge in [-0.3, -0.25) is 4.79 Å². The third kappa shape index (κ3) is 5.53. The van der Waals surface area contributed by atoms with Crippen molar-refractivity contribution in [3.63, 3.8) is 0 Å². The van der Waals surface area contributed by atoms with E-state index in [0.717, 1.165) is 27.6 Å². The number of nitrogens with one attached hydrogen (secondary N) is 1. The molecule has 0 bridgehead atoms. The van der Waals surface area contributed by atoms with Gasteiger partial charge in [-0.05, 0) is 30.2 Å². The molecule has 132 valence electrons. The van der Waals surface area contributed by atoms with Crippen molar-refractivity contribution in [3.05, 3.63) is 81.8 Å². The number of carbonyl (C=O) groups excluding carboxylic acids is 1. The summed E-state index contributed by atoms with van der Waals surface area (Å²) in [5.41, 5.74) is 5.24. The summed E-state index contributed by atoms with van der Waals surface area (Å²) in [5, 5.41) is 6.83. The number of nitrogens with zero attached hydrogens (tertiary/aromatic N) is 2. The molecule has 0 unspecified atom stereocenters. The van der Waals surface area contributed by atoms with Gasteiger partial charge < -0.3 is 4.74 Å². The van der Waals surface area contributed by atoms with Gasteiger partial charge in [0, 0.05) is 5.38 Å². The maximum Gasteiger partial charge on any atom is 0.246 e. The molecule has 3 aromatic rings. The third-order valence-electron chi connectivity index (χ3n) is 3.52. The van der Waals surface area contributed by atoms with Crippen LogP contribution in [0, 0.1) is 6.92 Å². The van der Waals surface area contributed by atoms with Gasteiger partial charge in [0.1, 0.15) is 12.4 Å². The molecule has 1 aromatic heterocycles. The molecule has 0 radical (unpaired) electrons. The van der Waals surface area contributed by atoms with E-state index in [4.69, 9.17) is 4.74 Å². The zero-order valence-electron chi connectivity index (χ0n) is 14.4. The highest BCUT2D eigenvalue weighted by atomic mass is 32.1. The molecule has 1 amide bonds. The van der Waals surface area contributed by atoms with Crippen LogP contribution < -0.4 is 10.2 Å². The first-order valence-electron chi connectivity index (χ1n) is 8.19. The molecule has 1 heterocycles. The molecular formula is C20H19N3O2S. The first kappa shape index (κ1) is 17.8. The Morgan fingerprint density at radius 2 is 2.08 bits per heavy atom. The first-order valence-corrected chi connectivity index (χ1v) is 9.07. The lowest BCUT2D eigenvalue weighted by Crippen LogP contribution is -2.19. The summed E-state index contributed by atoms with van der Waals surface area (Å²) in [6.45, 7) is 2.42. The van der Waals surface area contributed by atoms with Crippen molar-refractivity contribution in [2.24, 2.45) is 5.10 Å². The summed E-state index contributed by atoms with van der Waals surface area (Å²) in [7, 11) is 0. The van der Waals surface area contributed by atoms with Gasteiger partial charge in [0.15, 0.2) is 0 Å². The van der Waals surface area contributed by atoms with Crippen LogP contribution >= 0.6 is 11.3 Å². The lowest BCUT2D eigenvalue weighted by atomic mass is 10.2. The molecule has 26 heavy (non-hydrogen) atoms. The van der Waals surface area contributed by atoms with Crippen LogP contribution in [0.2, 0.25) is 0 Å². The monoisotopic (exact) mass is 365 g/mol. The van der Waals surface area contributed by atoms with Gasteiger partial charge in [0.05, 0.1) is 23.3 Å². The van der Waals surface area contributed by atoms with E-state index in [9.17, 15) is 4.79 Å². The van der Waals surface area contributed by atoms with Gasteiger partial charge in [-0.25, -0.2) is 10.4 Å². The number of rotatable bonds is 7. The Bertz CT molecular complexity index is 891. The fraction of sp³-hybridized carbons (Fsp3) is 0.150. The van der Waals surface area contributed by atoms with E-state index in [1.54, 1.807) is 6.21 Å². The summed E-state index contributed by atoms with van der Waals surface area (Å²) in [4.78, 5) is 16.1. The van der Waals surface area contributed by atoms with Crippen LogP contribution in [-0.2, 0) is 17.8 Å². The second-order valence-corrected chi connectivity index (χ2v) is 6.74. The van der Waals surface area contributed by atoms with Crippen molar-refractivity contribution >= 4 is 23.5 Å². The van der Waals surface area contributed by atoms with E-state index in [1.165, 1.54) is 11.3 Å². The Hall–Kier alpha value is -2.99. The lowest BCUT2D eigenvalue weighted by molar-refractivity contribution is -0.120. The number of hydrogen-bond donors (Lipinski definition) is 1. The van der Waals surface area contributed by atoms with Gasteiger partial charge >= 0.3 is 0 Å². The Balaban J connectivity index is 1.51. The number of aromatic nitrogens is 1. The number of amides is 1. The van der Waals surface area contributed by atoms with Crippen molar-refractivity contribution in [2.45, 2.75) is 20.0 Å². The molecule has 0 atom stereocenters. The topological polar surface area (TPSA) is 63.6 Å². The van der Waals surface area contributed by atoms with Crippen molar-refractivity contribution in [2.75, 3.05) is 0 Å². The van der Waals surface area contributed by atoms with Crippen LogP contribution in [0.25, 0.3) is 0 Å². The molecule has 3 rings (SSSR count). The van der Waals surface area contributed by atoms with Crippen molar-refractivity contribution in [3.8, 4) is 5.75 Å². The standard InChI is InChI=1S/C20H19N3O2S/c1-15-22-18(14-26-15)11-20(24)23-21-12-17-8-5-9-19(10-17)25-13-16-6-3-2-4-7-16/h2-10,12,14H,11,13H2,1H3,(H,23,24)/b21-12-. The molecule has 0 spiro atoms. The van der Waals surface area contributed by atoms with Crippen molar-refractivity contribution < 1.29 is 9.53 Å². The minimum Gasteiger partial charge on any atom is -0.489 e. The fourth-order valence-corrected chi connectivity index (χ4v) is 2.91. The molecule has 0 aliphatic carbocycles. The Morgan fingerprint density at radius 3 is 2.85 bits per heavy atom. The van der Waals surface area contributed by atoms with Crippen molar-refractivity contribution in [1.82, 2.24) is 10.4 Å². The highest BCUT2D eigenvalue weighted by Crippen LogP contribution is 2.14. The van der Waals surface area contributed by atoms with Crippen LogP contribution in [-0.4, -0.2) is 17.1 Å². The first-order chi connectivity index (χ1) is 12.7. The molecule has 6 heteroatoms. The normalized spacial score (nSPS) is 10.8. The molecule has 0 saturated carbocycles. The molecule has 5 nitrogen and oxygen atoms in total. The zero-order chi connectivity index (χ0) is 18.2. The van der Waals surface area contributed by atoms with Crippen LogP contribution in [0.4, 0.5) is 0 Å². The summed E-state index contributed by atoms with van der Waals surface area (Å²) < 4.78 is 5.79. The SMILES string of the molecule is Cc1nc(CC(=O)N/N=C\c2cccc(OCc3ccccc3)c2)cs1. The van der Waals surface area contributed by atoms with Crippen molar-refractivity contribution in [1.29, 1.82) is 0 Å². The van der Waals surface area contributed by atoms with E-state index in [1.807, 2.05) is 66.9 Å². The van der Waals surface area contributed by atoms with Crippen LogP contribution in [0.5, 0.6) is 5.75 Å². The summed E-state index contributed by atoms with van der Waals surface area (Å²) >= 11 is 1.53. The van der Waals surface area contributed by atoms with Gasteiger partial charge in [-0.15, -0.1) is 11.3 Å². The predicted molar refractivity (Wildman–Crippen MR) is 104 cm³/mol. The average Bonchev–Trinajstić information content (AvgIpc) is 3.06. The molecule has 0 aliphatic rings. The van der Waals surface area contributed by atoms with E-state index >= 15 is 0 Å². The zero-order valence-corrected chi connectivity index (χ0v) is 15.2. The van der Waals surface area contributed by atoms with E-state index < -0.39 is 0 Å². The molecular weight excluding hydrogens is 346 g/mol. The minimum absolute atomic E-state index is 0.192. The van der Waals surface area contributed by atoms with E-state index in [0.29, 0.717) is 6.61 Å². The van der Waals surface area contributed by atoms with Crippen LogP contribution in [0.15, 0.2) is 65.1 Å². The summed E-state index contributed by atoms with van der Waals surface area (Å²) in [6, 6.07) is 17.5. The van der Waals surface area contributed by atoms with Gasteiger partial charge in [0.2, 0.25) is 5.91 Å². The maximum atomic E-state index is 11.9. The van der Waals surface area contributed by atoms with Gasteiger partial charge in [-0.1, -0.05) is 42.5 Å². The number of hydrogen-bond acceptors (Lipinski definition) is 5. The molecule has 2 aromatic carbocycles. The highest BCUT2D eigenvalue weighted by molar-refractivity contribution is 7.09. The quantitative estimate of drug-likeness (QED) is 0.513. The van der Waals surface area contributed by atoms with Gasteiger partial charge in [-0.2, -0.15) is 5.10 Å². The van der Waals surface area contributed by atoms with Gasteiger partial charge in [0.25, 0.3) is 0 Å². The smallest absolute Gasteiger partial charge is 0.246 e. The molecule has 1 N–H and O–H groups in total. The maximum absolute atomic E-state index is 11.9. The largest absolute Gasteiger partial charge is 0.489 e. The second kappa shape index (κ2) is 8.92. The number of hydrazone groups is 1. The molecule has 0 saturated heterocycles.